The Balaban J connectivity index is 1.36. The largest absolute Gasteiger partial charge is 0.373 e. The van der Waals surface area contributed by atoms with Gasteiger partial charge in [-0.3, -0.25) is 4.79 Å². The first kappa shape index (κ1) is 22.6. The number of carbonyl (C=O) groups is 1. The number of halogens is 2. The summed E-state index contributed by atoms with van der Waals surface area (Å²) in [6, 6.07) is 5.54. The van der Waals surface area contributed by atoms with E-state index in [9.17, 15) is 13.6 Å². The number of aromatic nitrogens is 5. The van der Waals surface area contributed by atoms with Gasteiger partial charge in [0.1, 0.15) is 11.6 Å². The van der Waals surface area contributed by atoms with Gasteiger partial charge in [-0.15, -0.1) is 5.10 Å². The maximum absolute atomic E-state index is 13.6. The number of piperidine rings is 1. The zero-order valence-corrected chi connectivity index (χ0v) is 20.0. The lowest BCUT2D eigenvalue weighted by Gasteiger charge is -2.33. The molecule has 4 aromatic heterocycles. The third-order valence-corrected chi connectivity index (χ3v) is 7.12. The third-order valence-electron chi connectivity index (χ3n) is 7.12. The minimum absolute atomic E-state index is 0.0207. The Kier molecular flexibility index (Phi) is 5.24. The molecule has 2 N–H and O–H groups in total. The first-order valence-corrected chi connectivity index (χ1v) is 12.1. The number of pyridine rings is 3. The van der Waals surface area contributed by atoms with Crippen molar-refractivity contribution in [2.24, 2.45) is 11.8 Å². The van der Waals surface area contributed by atoms with Crippen LogP contribution in [-0.4, -0.2) is 56.5 Å². The molecule has 1 aliphatic heterocycles. The van der Waals surface area contributed by atoms with Gasteiger partial charge in [-0.1, -0.05) is 6.92 Å². The van der Waals surface area contributed by atoms with Crippen LogP contribution in [0.25, 0.3) is 27.8 Å². The van der Waals surface area contributed by atoms with Gasteiger partial charge in [0.25, 0.3) is 5.92 Å². The van der Waals surface area contributed by atoms with Crippen LogP contribution in [0.3, 0.4) is 0 Å². The monoisotopic (exact) mass is 492 g/mol. The van der Waals surface area contributed by atoms with Crippen LogP contribution in [0.4, 0.5) is 26.1 Å². The molecule has 11 heteroatoms. The van der Waals surface area contributed by atoms with E-state index in [0.29, 0.717) is 47.7 Å². The SMILES string of the molecule is CNc1ncc(-c2nc3ccc(N4CCC(F)(F)CC4)cn3n2)c2cc(NC(=O)C3CC3C)ncc12. The van der Waals surface area contributed by atoms with Crippen LogP contribution in [-0.2, 0) is 4.79 Å². The number of carbonyl (C=O) groups excluding carboxylic acids is 1. The smallest absolute Gasteiger partial charge is 0.251 e. The van der Waals surface area contributed by atoms with E-state index in [1.165, 1.54) is 0 Å². The van der Waals surface area contributed by atoms with Crippen LogP contribution in [0, 0.1) is 11.8 Å². The number of nitrogens with zero attached hydrogens (tertiary/aromatic N) is 6. The van der Waals surface area contributed by atoms with E-state index in [4.69, 9.17) is 0 Å². The highest BCUT2D eigenvalue weighted by molar-refractivity contribution is 6.03. The number of rotatable bonds is 5. The molecular weight excluding hydrogens is 466 g/mol. The van der Waals surface area contributed by atoms with Gasteiger partial charge in [-0.2, -0.15) is 0 Å². The number of anilines is 3. The zero-order valence-electron chi connectivity index (χ0n) is 20.0. The summed E-state index contributed by atoms with van der Waals surface area (Å²) in [5.41, 5.74) is 2.16. The minimum atomic E-state index is -2.60. The summed E-state index contributed by atoms with van der Waals surface area (Å²) in [5.74, 6) is -0.595. The van der Waals surface area contributed by atoms with Gasteiger partial charge in [0.2, 0.25) is 5.91 Å². The Morgan fingerprint density at radius 3 is 2.64 bits per heavy atom. The Morgan fingerprint density at radius 1 is 1.14 bits per heavy atom. The summed E-state index contributed by atoms with van der Waals surface area (Å²) in [7, 11) is 1.78. The zero-order chi connectivity index (χ0) is 25.0. The third kappa shape index (κ3) is 4.08. The molecule has 2 unspecified atom stereocenters. The number of hydrogen-bond donors (Lipinski definition) is 2. The van der Waals surface area contributed by atoms with E-state index < -0.39 is 5.92 Å². The van der Waals surface area contributed by atoms with E-state index >= 15 is 0 Å². The summed E-state index contributed by atoms with van der Waals surface area (Å²) >= 11 is 0. The molecule has 1 saturated carbocycles. The summed E-state index contributed by atoms with van der Waals surface area (Å²) in [4.78, 5) is 28.0. The highest BCUT2D eigenvalue weighted by Crippen LogP contribution is 2.39. The van der Waals surface area contributed by atoms with Crippen LogP contribution >= 0.6 is 0 Å². The van der Waals surface area contributed by atoms with Crippen LogP contribution in [0.2, 0.25) is 0 Å². The van der Waals surface area contributed by atoms with E-state index in [1.54, 1.807) is 24.0 Å². The first-order chi connectivity index (χ1) is 17.3. The second-order valence-corrected chi connectivity index (χ2v) is 9.66. The lowest BCUT2D eigenvalue weighted by atomic mass is 10.1. The molecule has 0 spiro atoms. The van der Waals surface area contributed by atoms with Gasteiger partial charge >= 0.3 is 0 Å². The molecule has 6 rings (SSSR count). The fourth-order valence-electron chi connectivity index (χ4n) is 4.75. The molecule has 1 amide bonds. The summed E-state index contributed by atoms with van der Waals surface area (Å²) in [6.45, 7) is 2.64. The topological polar surface area (TPSA) is 100 Å². The molecule has 2 fully saturated rings. The molecule has 2 aliphatic rings. The van der Waals surface area contributed by atoms with Crippen molar-refractivity contribution < 1.29 is 13.6 Å². The van der Waals surface area contributed by atoms with Crippen molar-refractivity contribution in [1.29, 1.82) is 0 Å². The summed E-state index contributed by atoms with van der Waals surface area (Å²) in [6.07, 6.45) is 5.78. The van der Waals surface area contributed by atoms with Crippen LogP contribution in [0.5, 0.6) is 0 Å². The predicted octanol–water partition coefficient (Wildman–Crippen LogP) is 4.21. The molecule has 5 heterocycles. The molecule has 1 aliphatic carbocycles. The number of alkyl halides is 2. The highest BCUT2D eigenvalue weighted by Gasteiger charge is 2.39. The van der Waals surface area contributed by atoms with Crippen molar-refractivity contribution in [2.75, 3.05) is 35.7 Å². The Bertz CT molecular complexity index is 1480. The van der Waals surface area contributed by atoms with Gasteiger partial charge in [0.05, 0.1) is 11.9 Å². The number of nitrogens with one attached hydrogen (secondary N) is 2. The molecule has 2 atom stereocenters. The van der Waals surface area contributed by atoms with Crippen LogP contribution in [0.15, 0.2) is 36.8 Å². The van der Waals surface area contributed by atoms with Crippen LogP contribution in [0.1, 0.15) is 26.2 Å². The number of amides is 1. The number of fused-ring (bicyclic) bond motifs is 2. The quantitative estimate of drug-likeness (QED) is 0.430. The van der Waals surface area contributed by atoms with E-state index in [1.807, 2.05) is 29.3 Å². The second-order valence-electron chi connectivity index (χ2n) is 9.66. The summed E-state index contributed by atoms with van der Waals surface area (Å²) < 4.78 is 28.8. The maximum Gasteiger partial charge on any atom is 0.251 e. The van der Waals surface area contributed by atoms with Crippen molar-refractivity contribution in [3.05, 3.63) is 36.8 Å². The van der Waals surface area contributed by atoms with Crippen molar-refractivity contribution in [3.63, 3.8) is 0 Å². The fraction of sp³-hybridized carbons (Fsp3) is 0.400. The molecule has 0 aromatic carbocycles. The molecule has 0 radical (unpaired) electrons. The summed E-state index contributed by atoms with van der Waals surface area (Å²) in [5, 5.41) is 12.3. The normalized spacial score (nSPS) is 21.1. The van der Waals surface area contributed by atoms with Crippen molar-refractivity contribution >= 4 is 39.6 Å². The van der Waals surface area contributed by atoms with Crippen molar-refractivity contribution in [3.8, 4) is 11.4 Å². The van der Waals surface area contributed by atoms with Crippen molar-refractivity contribution in [2.45, 2.75) is 32.1 Å². The molecule has 1 saturated heterocycles. The van der Waals surface area contributed by atoms with E-state index in [-0.39, 0.29) is 24.7 Å². The Hall–Kier alpha value is -3.89. The molecule has 0 bridgehead atoms. The minimum Gasteiger partial charge on any atom is -0.373 e. The second kappa shape index (κ2) is 8.35. The average molecular weight is 493 g/mol. The highest BCUT2D eigenvalue weighted by atomic mass is 19.3. The lowest BCUT2D eigenvalue weighted by molar-refractivity contribution is -0.117. The maximum atomic E-state index is 13.6. The standard InChI is InChI=1S/C25H26F2N8O/c1-14-9-16(14)24(36)31-20-10-17-18(11-29-20)22(28-2)30-12-19(17)23-32-21-4-3-15(13-35(21)33-23)34-7-5-25(26,27)6-8-34/h3-4,10-14,16H,5-9H2,1-2H3,(H,28,30)(H,29,31,36). The van der Waals surface area contributed by atoms with E-state index in [2.05, 4.69) is 37.6 Å². The molecule has 4 aromatic rings. The van der Waals surface area contributed by atoms with Crippen molar-refractivity contribution in [1.82, 2.24) is 24.6 Å². The number of hydrogen-bond acceptors (Lipinski definition) is 7. The van der Waals surface area contributed by atoms with Gasteiger partial charge in [-0.25, -0.2) is 28.2 Å². The first-order valence-electron chi connectivity index (χ1n) is 12.1. The Labute approximate surface area is 205 Å². The predicted molar refractivity (Wildman–Crippen MR) is 133 cm³/mol. The van der Waals surface area contributed by atoms with Crippen LogP contribution < -0.4 is 15.5 Å². The van der Waals surface area contributed by atoms with Gasteiger partial charge in [0, 0.05) is 67.6 Å². The van der Waals surface area contributed by atoms with E-state index in [0.717, 1.165) is 22.9 Å². The average Bonchev–Trinajstić information content (AvgIpc) is 3.45. The van der Waals surface area contributed by atoms with Gasteiger partial charge in [0.15, 0.2) is 11.5 Å². The molecule has 9 nitrogen and oxygen atoms in total. The van der Waals surface area contributed by atoms with Gasteiger partial charge < -0.3 is 15.5 Å². The molecule has 36 heavy (non-hydrogen) atoms. The fourth-order valence-corrected chi connectivity index (χ4v) is 4.75. The molecule has 186 valence electrons. The van der Waals surface area contributed by atoms with Gasteiger partial charge in [-0.05, 0) is 30.5 Å². The lowest BCUT2D eigenvalue weighted by Crippen LogP contribution is -2.39. The molecular formula is C25H26F2N8O. The Morgan fingerprint density at radius 2 is 1.92 bits per heavy atom.